The Hall–Kier alpha value is -1.24. The Kier molecular flexibility index (Phi) is 7.45. The van der Waals surface area contributed by atoms with Gasteiger partial charge in [0.15, 0.2) is 0 Å². The molecule has 0 aliphatic heterocycles. The fourth-order valence-electron chi connectivity index (χ4n) is 5.43. The van der Waals surface area contributed by atoms with Crippen molar-refractivity contribution in [3.63, 3.8) is 0 Å². The largest absolute Gasteiger partial charge is 0.465 e. The van der Waals surface area contributed by atoms with Crippen LogP contribution in [-0.2, 0) is 23.8 Å². The van der Waals surface area contributed by atoms with Gasteiger partial charge in [-0.1, -0.05) is 20.8 Å². The zero-order valence-electron chi connectivity index (χ0n) is 17.5. The van der Waals surface area contributed by atoms with Gasteiger partial charge in [-0.25, -0.2) is 4.79 Å². The Morgan fingerprint density at radius 1 is 1.00 bits per heavy atom. The molecule has 5 nitrogen and oxygen atoms in total. The highest BCUT2D eigenvalue weighted by Crippen LogP contribution is 2.60. The van der Waals surface area contributed by atoms with E-state index < -0.39 is 23.1 Å². The normalized spacial score (nSPS) is 33.5. The van der Waals surface area contributed by atoms with Crippen molar-refractivity contribution in [2.75, 3.05) is 13.2 Å². The second-order valence-corrected chi connectivity index (χ2v) is 8.22. The molecule has 0 aromatic carbocycles. The van der Waals surface area contributed by atoms with Gasteiger partial charge in [0.2, 0.25) is 0 Å². The molecular weight excluding hydrogens is 370 g/mol. The van der Waals surface area contributed by atoms with Crippen LogP contribution in [0.1, 0.15) is 79.1 Å². The fourth-order valence-corrected chi connectivity index (χ4v) is 5.43. The van der Waals surface area contributed by atoms with E-state index in [9.17, 15) is 18.4 Å². The lowest BCUT2D eigenvalue weighted by Crippen LogP contribution is -2.49. The van der Waals surface area contributed by atoms with E-state index >= 15 is 0 Å². The van der Waals surface area contributed by atoms with Gasteiger partial charge < -0.3 is 14.2 Å². The summed E-state index contributed by atoms with van der Waals surface area (Å²) in [6.45, 7) is 7.69. The van der Waals surface area contributed by atoms with Gasteiger partial charge in [0.1, 0.15) is 0 Å². The van der Waals surface area contributed by atoms with E-state index in [0.717, 1.165) is 12.8 Å². The lowest BCUT2D eigenvalue weighted by molar-refractivity contribution is -0.302. The number of hydrogen-bond donors (Lipinski definition) is 0. The number of fused-ring (bicyclic) bond motifs is 1. The molecule has 4 aliphatic carbocycles. The van der Waals surface area contributed by atoms with Crippen molar-refractivity contribution in [3.05, 3.63) is 0 Å². The van der Waals surface area contributed by atoms with Crippen LogP contribution in [0.4, 0.5) is 8.78 Å². The molecule has 2 unspecified atom stereocenters. The van der Waals surface area contributed by atoms with E-state index in [4.69, 9.17) is 9.47 Å². The van der Waals surface area contributed by atoms with Gasteiger partial charge in [0, 0.05) is 0 Å². The molecule has 2 atom stereocenters. The first-order valence-electron chi connectivity index (χ1n) is 10.7. The number of rotatable bonds is 7. The molecule has 28 heavy (non-hydrogen) atoms. The van der Waals surface area contributed by atoms with Crippen molar-refractivity contribution in [1.82, 2.24) is 0 Å². The van der Waals surface area contributed by atoms with Gasteiger partial charge in [0.25, 0.3) is 0 Å². The average Bonchev–Trinajstić information content (AvgIpc) is 2.82. The molecule has 4 saturated carbocycles. The van der Waals surface area contributed by atoms with Gasteiger partial charge in [-0.15, -0.1) is 0 Å². The van der Waals surface area contributed by atoms with Crippen molar-refractivity contribution in [2.45, 2.75) is 90.8 Å². The first kappa shape index (κ1) is 23.0. The molecule has 4 rings (SSSR count). The summed E-state index contributed by atoms with van der Waals surface area (Å²) < 4.78 is 43.6. The van der Waals surface area contributed by atoms with Crippen LogP contribution in [0, 0.1) is 17.3 Å². The smallest absolute Gasteiger partial charge is 0.456 e. The number of carbonyl (C=O) groups excluding carboxylic acids is 2. The molecule has 4 bridgehead atoms. The highest BCUT2D eigenvalue weighted by molar-refractivity contribution is 5.77. The number of ether oxygens (including phenoxy) is 3. The summed E-state index contributed by atoms with van der Waals surface area (Å²) >= 11 is 0. The standard InChI is InChI=1S/C19H28F2O5.C2H6/c1-3-7-25-15(22)17-5-6-18(26-19(20,21)16(23)24-4-2)11-13(9-17)8-14(10-17)12-18;1-2/h13-14H,3-12H2,1-2H3;1-2H3. The molecule has 0 aromatic heterocycles. The van der Waals surface area contributed by atoms with E-state index in [1.54, 1.807) is 0 Å². The van der Waals surface area contributed by atoms with E-state index in [0.29, 0.717) is 45.1 Å². The van der Waals surface area contributed by atoms with Crippen LogP contribution >= 0.6 is 0 Å². The van der Waals surface area contributed by atoms with Crippen molar-refractivity contribution >= 4 is 11.9 Å². The van der Waals surface area contributed by atoms with Crippen LogP contribution in [0.5, 0.6) is 0 Å². The Bertz CT molecular complexity index is 549. The molecule has 0 aromatic rings. The van der Waals surface area contributed by atoms with E-state index in [-0.39, 0.29) is 24.4 Å². The van der Waals surface area contributed by atoms with Gasteiger partial charge in [-0.3, -0.25) is 4.79 Å². The number of halogens is 2. The van der Waals surface area contributed by atoms with Crippen molar-refractivity contribution in [1.29, 1.82) is 0 Å². The van der Waals surface area contributed by atoms with Gasteiger partial charge in [-0.05, 0) is 70.1 Å². The number of esters is 2. The Morgan fingerprint density at radius 2 is 1.61 bits per heavy atom. The number of hydrogen-bond acceptors (Lipinski definition) is 5. The highest BCUT2D eigenvalue weighted by Gasteiger charge is 2.60. The molecule has 0 amide bonds. The van der Waals surface area contributed by atoms with Crippen LogP contribution in [0.15, 0.2) is 0 Å². The maximum Gasteiger partial charge on any atom is 0.456 e. The summed E-state index contributed by atoms with van der Waals surface area (Å²) in [5, 5.41) is 0. The highest BCUT2D eigenvalue weighted by atomic mass is 19.3. The summed E-state index contributed by atoms with van der Waals surface area (Å²) in [5.74, 6) is -1.52. The minimum Gasteiger partial charge on any atom is -0.465 e. The molecular formula is C21H34F2O5. The second kappa shape index (κ2) is 9.06. The molecule has 7 heteroatoms. The van der Waals surface area contributed by atoms with Crippen molar-refractivity contribution in [3.8, 4) is 0 Å². The number of carbonyl (C=O) groups is 2. The predicted octanol–water partition coefficient (Wildman–Crippen LogP) is 4.87. The summed E-state index contributed by atoms with van der Waals surface area (Å²) in [6.07, 6.45) is 0.805. The molecule has 4 fully saturated rings. The van der Waals surface area contributed by atoms with E-state index in [1.807, 2.05) is 20.8 Å². The maximum atomic E-state index is 14.3. The molecule has 0 spiro atoms. The quantitative estimate of drug-likeness (QED) is 0.567. The zero-order chi connectivity index (χ0) is 21.0. The van der Waals surface area contributed by atoms with Gasteiger partial charge in [0.05, 0.1) is 24.2 Å². The Balaban J connectivity index is 0.00000136. The maximum absolute atomic E-state index is 14.3. The van der Waals surface area contributed by atoms with E-state index in [1.165, 1.54) is 6.92 Å². The second-order valence-electron chi connectivity index (χ2n) is 8.22. The third-order valence-corrected chi connectivity index (χ3v) is 6.13. The Morgan fingerprint density at radius 3 is 2.14 bits per heavy atom. The van der Waals surface area contributed by atoms with Crippen LogP contribution in [-0.4, -0.2) is 36.9 Å². The molecule has 0 radical (unpaired) electrons. The lowest BCUT2D eigenvalue weighted by Gasteiger charge is -2.47. The van der Waals surface area contributed by atoms with Gasteiger partial charge >= 0.3 is 18.0 Å². The Labute approximate surface area is 166 Å². The lowest BCUT2D eigenvalue weighted by atomic mass is 9.61. The molecule has 0 heterocycles. The first-order chi connectivity index (χ1) is 13.2. The van der Waals surface area contributed by atoms with Crippen LogP contribution in [0.25, 0.3) is 0 Å². The molecule has 162 valence electrons. The molecule has 0 saturated heterocycles. The first-order valence-corrected chi connectivity index (χ1v) is 10.7. The van der Waals surface area contributed by atoms with E-state index in [2.05, 4.69) is 4.74 Å². The fraction of sp³-hybridized carbons (Fsp3) is 0.905. The van der Waals surface area contributed by atoms with Crippen molar-refractivity contribution in [2.24, 2.45) is 17.3 Å². The minimum atomic E-state index is -3.96. The van der Waals surface area contributed by atoms with Crippen molar-refractivity contribution < 1.29 is 32.6 Å². The molecule has 0 N–H and O–H groups in total. The summed E-state index contributed by atoms with van der Waals surface area (Å²) in [5.41, 5.74) is -1.64. The summed E-state index contributed by atoms with van der Waals surface area (Å²) in [6, 6.07) is 0. The average molecular weight is 404 g/mol. The van der Waals surface area contributed by atoms with Crippen LogP contribution in [0.2, 0.25) is 0 Å². The van der Waals surface area contributed by atoms with Gasteiger partial charge in [-0.2, -0.15) is 8.78 Å². The summed E-state index contributed by atoms with van der Waals surface area (Å²) in [7, 11) is 0. The summed E-state index contributed by atoms with van der Waals surface area (Å²) in [4.78, 5) is 24.3. The topological polar surface area (TPSA) is 61.8 Å². The minimum absolute atomic E-state index is 0.123. The predicted molar refractivity (Wildman–Crippen MR) is 99.7 cm³/mol. The monoisotopic (exact) mass is 404 g/mol. The SMILES string of the molecule is CC.CCCOC(=O)C12CCC3(OC(F)(F)C(=O)OCC)CC(CC(C3)C1)C2. The van der Waals surface area contributed by atoms with Crippen LogP contribution < -0.4 is 0 Å². The zero-order valence-corrected chi connectivity index (χ0v) is 17.5. The number of alkyl halides is 2. The third-order valence-electron chi connectivity index (χ3n) is 6.13. The third kappa shape index (κ3) is 4.66. The van der Waals surface area contributed by atoms with Crippen LogP contribution in [0.3, 0.4) is 0 Å². The molecule has 4 aliphatic rings.